The number of halogens is 1. The minimum Gasteiger partial charge on any atom is -0.349 e. The number of rotatable bonds is 7. The van der Waals surface area contributed by atoms with Crippen molar-refractivity contribution in [2.24, 2.45) is 11.7 Å². The summed E-state index contributed by atoms with van der Waals surface area (Å²) in [5.74, 6) is 0.353. The van der Waals surface area contributed by atoms with Crippen LogP contribution in [-0.4, -0.2) is 32.7 Å². The Bertz CT molecular complexity index is 599. The minimum atomic E-state index is -0.438. The van der Waals surface area contributed by atoms with E-state index in [1.54, 1.807) is 13.8 Å². The summed E-state index contributed by atoms with van der Waals surface area (Å²) in [6, 6.07) is 0. The van der Waals surface area contributed by atoms with Gasteiger partial charge in [-0.05, 0) is 39.5 Å². The smallest absolute Gasteiger partial charge is 0.312 e. The SMILES string of the molecule is Cc1nn(CCC(=O)NC(C)(CN)C2CC2)c(C)c1[N+](=O)[O-].Cl. The molecule has 0 aromatic carbocycles. The Labute approximate surface area is 141 Å². The van der Waals surface area contributed by atoms with Crippen molar-refractivity contribution in [3.63, 3.8) is 0 Å². The van der Waals surface area contributed by atoms with Crippen molar-refractivity contribution in [2.75, 3.05) is 6.54 Å². The second-order valence-corrected chi connectivity index (χ2v) is 6.19. The molecule has 0 aliphatic heterocycles. The normalized spacial score (nSPS) is 16.3. The monoisotopic (exact) mass is 345 g/mol. The summed E-state index contributed by atoms with van der Waals surface area (Å²) in [6.45, 7) is 5.94. The molecular formula is C14H24ClN5O3. The van der Waals surface area contributed by atoms with E-state index in [9.17, 15) is 14.9 Å². The molecule has 1 saturated carbocycles. The van der Waals surface area contributed by atoms with Gasteiger partial charge in [0.1, 0.15) is 11.4 Å². The number of aryl methyl sites for hydroxylation is 2. The van der Waals surface area contributed by atoms with Gasteiger partial charge in [-0.2, -0.15) is 5.10 Å². The van der Waals surface area contributed by atoms with Gasteiger partial charge in [0.05, 0.1) is 17.0 Å². The minimum absolute atomic E-state index is 0. The van der Waals surface area contributed by atoms with Gasteiger partial charge in [0.25, 0.3) is 0 Å². The highest BCUT2D eigenvalue weighted by atomic mass is 35.5. The highest BCUT2D eigenvalue weighted by molar-refractivity contribution is 5.85. The lowest BCUT2D eigenvalue weighted by molar-refractivity contribution is -0.386. The lowest BCUT2D eigenvalue weighted by atomic mass is 9.96. The summed E-state index contributed by atoms with van der Waals surface area (Å²) >= 11 is 0. The highest BCUT2D eigenvalue weighted by Crippen LogP contribution is 2.39. The molecule has 3 N–H and O–H groups in total. The first-order valence-electron chi connectivity index (χ1n) is 7.48. The molecule has 0 saturated heterocycles. The van der Waals surface area contributed by atoms with Crippen LogP contribution in [0.1, 0.15) is 37.6 Å². The van der Waals surface area contributed by atoms with Gasteiger partial charge in [-0.15, -0.1) is 12.4 Å². The maximum absolute atomic E-state index is 12.1. The van der Waals surface area contributed by atoms with Crippen LogP contribution in [0.4, 0.5) is 5.69 Å². The molecule has 23 heavy (non-hydrogen) atoms. The van der Waals surface area contributed by atoms with Crippen molar-refractivity contribution in [1.82, 2.24) is 15.1 Å². The number of nitrogens with zero attached hydrogens (tertiary/aromatic N) is 3. The van der Waals surface area contributed by atoms with E-state index in [0.717, 1.165) is 12.8 Å². The highest BCUT2D eigenvalue weighted by Gasteiger charge is 2.41. The zero-order valence-corrected chi connectivity index (χ0v) is 14.5. The van der Waals surface area contributed by atoms with Crippen molar-refractivity contribution in [3.8, 4) is 0 Å². The van der Waals surface area contributed by atoms with Gasteiger partial charge >= 0.3 is 5.69 Å². The molecule has 0 radical (unpaired) electrons. The number of carbonyl (C=O) groups excluding carboxylic acids is 1. The van der Waals surface area contributed by atoms with E-state index in [1.165, 1.54) is 4.68 Å². The Balaban J connectivity index is 0.00000264. The van der Waals surface area contributed by atoms with Gasteiger partial charge < -0.3 is 11.1 Å². The molecule has 1 atom stereocenters. The molecule has 0 spiro atoms. The molecule has 1 aromatic rings. The van der Waals surface area contributed by atoms with Crippen LogP contribution in [0.25, 0.3) is 0 Å². The fourth-order valence-electron chi connectivity index (χ4n) is 2.80. The number of nitrogens with one attached hydrogen (secondary N) is 1. The van der Waals surface area contributed by atoms with Crippen LogP contribution in [0, 0.1) is 29.9 Å². The van der Waals surface area contributed by atoms with E-state index in [4.69, 9.17) is 5.73 Å². The number of carbonyl (C=O) groups is 1. The fraction of sp³-hybridized carbons (Fsp3) is 0.714. The van der Waals surface area contributed by atoms with Crippen LogP contribution in [0.15, 0.2) is 0 Å². The molecule has 2 rings (SSSR count). The predicted molar refractivity (Wildman–Crippen MR) is 88.5 cm³/mol. The van der Waals surface area contributed by atoms with Crippen molar-refractivity contribution < 1.29 is 9.72 Å². The van der Waals surface area contributed by atoms with E-state index in [2.05, 4.69) is 10.4 Å². The standard InChI is InChI=1S/C14H23N5O3.ClH/c1-9-13(19(21)22)10(2)18(17-9)7-6-12(20)16-14(3,8-15)11-4-5-11;/h11H,4-8,15H2,1-3H3,(H,16,20);1H. The predicted octanol–water partition coefficient (Wildman–Crippen LogP) is 1.46. The van der Waals surface area contributed by atoms with Crippen LogP contribution in [-0.2, 0) is 11.3 Å². The molecule has 1 heterocycles. The Morgan fingerprint density at radius 1 is 1.52 bits per heavy atom. The van der Waals surface area contributed by atoms with Gasteiger partial charge in [-0.1, -0.05) is 0 Å². The Morgan fingerprint density at radius 2 is 2.13 bits per heavy atom. The maximum Gasteiger partial charge on any atom is 0.312 e. The first-order valence-corrected chi connectivity index (χ1v) is 7.48. The molecule has 1 fully saturated rings. The summed E-state index contributed by atoms with van der Waals surface area (Å²) in [4.78, 5) is 22.6. The Hall–Kier alpha value is -1.67. The average Bonchev–Trinajstić information content (AvgIpc) is 3.24. The van der Waals surface area contributed by atoms with Crippen LogP contribution in [0.2, 0.25) is 0 Å². The summed E-state index contributed by atoms with van der Waals surface area (Å²) in [7, 11) is 0. The molecule has 1 amide bonds. The van der Waals surface area contributed by atoms with E-state index in [0.29, 0.717) is 30.4 Å². The summed E-state index contributed by atoms with van der Waals surface area (Å²) in [6.07, 6.45) is 2.41. The summed E-state index contributed by atoms with van der Waals surface area (Å²) in [5.41, 5.74) is 6.29. The molecule has 1 aromatic heterocycles. The van der Waals surface area contributed by atoms with Gasteiger partial charge in [-0.3, -0.25) is 19.6 Å². The van der Waals surface area contributed by atoms with Gasteiger partial charge in [0.2, 0.25) is 5.91 Å². The molecule has 1 aliphatic carbocycles. The largest absolute Gasteiger partial charge is 0.349 e. The molecule has 8 nitrogen and oxygen atoms in total. The number of nitro groups is 1. The Morgan fingerprint density at radius 3 is 2.57 bits per heavy atom. The van der Waals surface area contributed by atoms with Crippen molar-refractivity contribution in [2.45, 2.75) is 52.1 Å². The van der Waals surface area contributed by atoms with Gasteiger partial charge in [0, 0.05) is 13.0 Å². The maximum atomic E-state index is 12.1. The molecule has 9 heteroatoms. The van der Waals surface area contributed by atoms with Crippen molar-refractivity contribution >= 4 is 24.0 Å². The third kappa shape index (κ3) is 4.20. The molecule has 130 valence electrons. The number of hydrogen-bond acceptors (Lipinski definition) is 5. The zero-order chi connectivity index (χ0) is 16.5. The third-order valence-electron chi connectivity index (χ3n) is 4.40. The van der Waals surface area contributed by atoms with Crippen molar-refractivity contribution in [3.05, 3.63) is 21.5 Å². The number of nitrogens with two attached hydrogens (primary N) is 1. The van der Waals surface area contributed by atoms with E-state index < -0.39 is 4.92 Å². The van der Waals surface area contributed by atoms with Crippen LogP contribution in [0.5, 0.6) is 0 Å². The van der Waals surface area contributed by atoms with E-state index in [-0.39, 0.29) is 36.0 Å². The summed E-state index contributed by atoms with van der Waals surface area (Å²) in [5, 5.41) is 18.1. The zero-order valence-electron chi connectivity index (χ0n) is 13.7. The van der Waals surface area contributed by atoms with Gasteiger partial charge in [-0.25, -0.2) is 0 Å². The molecule has 0 bridgehead atoms. The summed E-state index contributed by atoms with van der Waals surface area (Å²) < 4.78 is 1.52. The van der Waals surface area contributed by atoms with E-state index >= 15 is 0 Å². The number of amides is 1. The second kappa shape index (κ2) is 7.27. The van der Waals surface area contributed by atoms with Crippen LogP contribution < -0.4 is 11.1 Å². The van der Waals surface area contributed by atoms with Crippen LogP contribution in [0.3, 0.4) is 0 Å². The average molecular weight is 346 g/mol. The number of aromatic nitrogens is 2. The topological polar surface area (TPSA) is 116 Å². The first-order chi connectivity index (χ1) is 10.3. The third-order valence-corrected chi connectivity index (χ3v) is 4.40. The second-order valence-electron chi connectivity index (χ2n) is 6.19. The quantitative estimate of drug-likeness (QED) is 0.573. The molecule has 1 unspecified atom stereocenters. The lowest BCUT2D eigenvalue weighted by Crippen LogP contribution is -2.53. The molecule has 1 aliphatic rings. The fourth-order valence-corrected chi connectivity index (χ4v) is 2.80. The number of hydrogen-bond donors (Lipinski definition) is 2. The molecular weight excluding hydrogens is 322 g/mol. The van der Waals surface area contributed by atoms with E-state index in [1.807, 2.05) is 6.92 Å². The van der Waals surface area contributed by atoms with Gasteiger partial charge in [0.15, 0.2) is 0 Å². The lowest BCUT2D eigenvalue weighted by Gasteiger charge is -2.29. The van der Waals surface area contributed by atoms with Crippen molar-refractivity contribution in [1.29, 1.82) is 0 Å². The van der Waals surface area contributed by atoms with Crippen LogP contribution >= 0.6 is 12.4 Å². The first kappa shape index (κ1) is 19.4. The Kier molecular flexibility index (Phi) is 6.12.